The van der Waals surface area contributed by atoms with Crippen LogP contribution in [0.3, 0.4) is 0 Å². The lowest BCUT2D eigenvalue weighted by Crippen LogP contribution is -2.29. The van der Waals surface area contributed by atoms with Crippen LogP contribution >= 0.6 is 12.2 Å². The lowest BCUT2D eigenvalue weighted by Gasteiger charge is -2.14. The fraction of sp³-hybridized carbons (Fsp3) is 0.227. The highest BCUT2D eigenvalue weighted by molar-refractivity contribution is 7.71. The largest absolute Gasteiger partial charge is 0.352 e. The highest BCUT2D eigenvalue weighted by Gasteiger charge is 2.34. The van der Waals surface area contributed by atoms with Gasteiger partial charge in [-0.3, -0.25) is 24.4 Å². The van der Waals surface area contributed by atoms with Gasteiger partial charge in [0.2, 0.25) is 0 Å². The highest BCUT2D eigenvalue weighted by atomic mass is 32.1. The van der Waals surface area contributed by atoms with E-state index in [-0.39, 0.29) is 24.3 Å². The molecule has 0 spiro atoms. The number of fused-ring (bicyclic) bond motifs is 1. The highest BCUT2D eigenvalue weighted by Crippen LogP contribution is 2.24. The number of carbonyl (C=O) groups is 3. The number of carbonyl (C=O) groups excluding carboxylic acids is 3. The summed E-state index contributed by atoms with van der Waals surface area (Å²) in [4.78, 5) is 38.6. The molecule has 1 aliphatic heterocycles. The van der Waals surface area contributed by atoms with Crippen molar-refractivity contribution in [1.82, 2.24) is 25.0 Å². The van der Waals surface area contributed by atoms with Gasteiger partial charge in [0.05, 0.1) is 17.7 Å². The molecule has 0 bridgehead atoms. The van der Waals surface area contributed by atoms with E-state index in [0.717, 1.165) is 11.4 Å². The van der Waals surface area contributed by atoms with Crippen LogP contribution < -0.4 is 5.32 Å². The molecular formula is C22H21N5O3S. The second-order valence-electron chi connectivity index (χ2n) is 7.13. The van der Waals surface area contributed by atoms with Gasteiger partial charge in [-0.05, 0) is 49.0 Å². The zero-order valence-corrected chi connectivity index (χ0v) is 17.7. The van der Waals surface area contributed by atoms with Crippen molar-refractivity contribution in [3.63, 3.8) is 0 Å². The number of nitrogens with zero attached hydrogens (tertiary/aromatic N) is 3. The van der Waals surface area contributed by atoms with Crippen LogP contribution in [0.1, 0.15) is 49.4 Å². The monoisotopic (exact) mass is 435 g/mol. The van der Waals surface area contributed by atoms with Gasteiger partial charge in [-0.1, -0.05) is 24.3 Å². The molecule has 158 valence electrons. The van der Waals surface area contributed by atoms with E-state index in [4.69, 9.17) is 12.2 Å². The molecule has 0 aliphatic carbocycles. The van der Waals surface area contributed by atoms with Crippen LogP contribution in [0.15, 0.2) is 48.5 Å². The van der Waals surface area contributed by atoms with E-state index in [1.54, 1.807) is 48.5 Å². The van der Waals surface area contributed by atoms with E-state index < -0.39 is 0 Å². The van der Waals surface area contributed by atoms with Gasteiger partial charge in [0.15, 0.2) is 4.77 Å². The SMILES string of the molecule is CCn1c(CCNC(=O)c2ccc(CN3C(=O)c4ccccc4C3=O)cc2)n[nH]c1=S. The first-order valence-electron chi connectivity index (χ1n) is 9.96. The molecule has 0 unspecified atom stereocenters. The Morgan fingerprint density at radius 3 is 2.32 bits per heavy atom. The summed E-state index contributed by atoms with van der Waals surface area (Å²) in [6.45, 7) is 3.28. The van der Waals surface area contributed by atoms with Crippen molar-refractivity contribution in [2.45, 2.75) is 26.4 Å². The van der Waals surface area contributed by atoms with Gasteiger partial charge < -0.3 is 9.88 Å². The minimum Gasteiger partial charge on any atom is -0.352 e. The minimum absolute atomic E-state index is 0.161. The molecule has 1 aromatic heterocycles. The number of hydrogen-bond acceptors (Lipinski definition) is 5. The van der Waals surface area contributed by atoms with E-state index in [0.29, 0.717) is 41.0 Å². The van der Waals surface area contributed by atoms with Crippen molar-refractivity contribution in [3.8, 4) is 0 Å². The van der Waals surface area contributed by atoms with Crippen molar-refractivity contribution < 1.29 is 14.4 Å². The summed E-state index contributed by atoms with van der Waals surface area (Å²) in [6.07, 6.45) is 0.560. The van der Waals surface area contributed by atoms with Crippen LogP contribution in [0.25, 0.3) is 0 Å². The second kappa shape index (κ2) is 8.65. The van der Waals surface area contributed by atoms with Crippen LogP contribution in [0.2, 0.25) is 0 Å². The summed E-state index contributed by atoms with van der Waals surface area (Å²) in [5, 5.41) is 9.80. The van der Waals surface area contributed by atoms with Crippen LogP contribution in [0, 0.1) is 4.77 Å². The molecule has 0 fully saturated rings. The maximum Gasteiger partial charge on any atom is 0.261 e. The number of rotatable bonds is 7. The number of H-pyrrole nitrogens is 1. The summed E-state index contributed by atoms with van der Waals surface area (Å²) in [5.74, 6) is -0.00626. The molecule has 9 heteroatoms. The van der Waals surface area contributed by atoms with Crippen molar-refractivity contribution in [3.05, 3.63) is 81.4 Å². The molecular weight excluding hydrogens is 414 g/mol. The van der Waals surface area contributed by atoms with Gasteiger partial charge in [0.25, 0.3) is 17.7 Å². The zero-order valence-electron chi connectivity index (χ0n) is 16.9. The minimum atomic E-state index is -0.299. The van der Waals surface area contributed by atoms with Gasteiger partial charge in [-0.25, -0.2) is 0 Å². The Morgan fingerprint density at radius 2 is 1.71 bits per heavy atom. The fourth-order valence-corrected chi connectivity index (χ4v) is 3.86. The molecule has 8 nitrogen and oxygen atoms in total. The summed E-state index contributed by atoms with van der Waals surface area (Å²) in [5.41, 5.74) is 2.12. The molecule has 3 aromatic rings. The van der Waals surface area contributed by atoms with Gasteiger partial charge >= 0.3 is 0 Å². The number of benzene rings is 2. The maximum atomic E-state index is 12.5. The third-order valence-electron chi connectivity index (χ3n) is 5.22. The van der Waals surface area contributed by atoms with Crippen LogP contribution in [0.4, 0.5) is 0 Å². The zero-order chi connectivity index (χ0) is 22.0. The van der Waals surface area contributed by atoms with Gasteiger partial charge in [0.1, 0.15) is 5.82 Å². The molecule has 2 aromatic carbocycles. The lowest BCUT2D eigenvalue weighted by molar-refractivity contribution is 0.0641. The summed E-state index contributed by atoms with van der Waals surface area (Å²) in [6, 6.07) is 13.7. The van der Waals surface area contributed by atoms with Crippen molar-refractivity contribution in [2.75, 3.05) is 6.54 Å². The summed E-state index contributed by atoms with van der Waals surface area (Å²) in [7, 11) is 0. The normalized spacial score (nSPS) is 12.9. The van der Waals surface area contributed by atoms with Crippen LogP contribution in [-0.2, 0) is 19.5 Å². The predicted molar refractivity (Wildman–Crippen MR) is 116 cm³/mol. The smallest absolute Gasteiger partial charge is 0.261 e. The van der Waals surface area contributed by atoms with Gasteiger partial charge in [-0.15, -0.1) is 0 Å². The van der Waals surface area contributed by atoms with Crippen molar-refractivity contribution in [1.29, 1.82) is 0 Å². The standard InChI is InChI=1S/C22H21N5O3S/c1-2-26-18(24-25-22(26)31)11-12-23-19(28)15-9-7-14(8-10-15)13-27-20(29)16-5-3-4-6-17(16)21(27)30/h3-10H,2,11-13H2,1H3,(H,23,28)(H,25,31). The topological polar surface area (TPSA) is 100 Å². The average Bonchev–Trinajstić information content (AvgIpc) is 3.26. The first-order chi connectivity index (χ1) is 15.0. The quantitative estimate of drug-likeness (QED) is 0.439. The molecule has 4 rings (SSSR count). The maximum absolute atomic E-state index is 12.5. The molecule has 0 saturated heterocycles. The number of amides is 3. The molecule has 2 heterocycles. The van der Waals surface area contributed by atoms with Gasteiger partial charge in [-0.2, -0.15) is 5.10 Å². The lowest BCUT2D eigenvalue weighted by atomic mass is 10.1. The molecule has 2 N–H and O–H groups in total. The average molecular weight is 436 g/mol. The first kappa shape index (κ1) is 20.7. The number of aromatic nitrogens is 3. The van der Waals surface area contributed by atoms with E-state index in [9.17, 15) is 14.4 Å². The number of imide groups is 1. The van der Waals surface area contributed by atoms with E-state index in [1.165, 1.54) is 4.90 Å². The third-order valence-corrected chi connectivity index (χ3v) is 5.53. The Morgan fingerprint density at radius 1 is 1.06 bits per heavy atom. The molecule has 3 amide bonds. The van der Waals surface area contributed by atoms with Gasteiger partial charge in [0, 0.05) is 25.1 Å². The fourth-order valence-electron chi connectivity index (χ4n) is 3.58. The van der Waals surface area contributed by atoms with E-state index in [1.807, 2.05) is 11.5 Å². The number of nitrogens with one attached hydrogen (secondary N) is 2. The van der Waals surface area contributed by atoms with Crippen LogP contribution in [-0.4, -0.2) is 43.9 Å². The van der Waals surface area contributed by atoms with Crippen molar-refractivity contribution in [2.24, 2.45) is 0 Å². The Labute approximate surface area is 183 Å². The molecule has 0 radical (unpaired) electrons. The van der Waals surface area contributed by atoms with Crippen LogP contribution in [0.5, 0.6) is 0 Å². The molecule has 31 heavy (non-hydrogen) atoms. The third kappa shape index (κ3) is 4.04. The molecule has 0 saturated carbocycles. The predicted octanol–water partition coefficient (Wildman–Crippen LogP) is 2.73. The summed E-state index contributed by atoms with van der Waals surface area (Å²) < 4.78 is 2.45. The Hall–Kier alpha value is -3.59. The van der Waals surface area contributed by atoms with Crippen molar-refractivity contribution >= 4 is 29.9 Å². The Bertz CT molecular complexity index is 1180. The Balaban J connectivity index is 1.35. The molecule has 0 atom stereocenters. The number of hydrogen-bond donors (Lipinski definition) is 2. The molecule has 1 aliphatic rings. The first-order valence-corrected chi connectivity index (χ1v) is 10.4. The van der Waals surface area contributed by atoms with E-state index in [2.05, 4.69) is 15.5 Å². The Kier molecular flexibility index (Phi) is 5.77. The van der Waals surface area contributed by atoms with E-state index >= 15 is 0 Å². The second-order valence-corrected chi connectivity index (χ2v) is 7.52. The number of aromatic amines is 1. The summed E-state index contributed by atoms with van der Waals surface area (Å²) >= 11 is 5.16.